The van der Waals surface area contributed by atoms with E-state index in [4.69, 9.17) is 23.1 Å². The molecule has 1 unspecified atom stereocenters. The molecule has 0 aromatic rings. The van der Waals surface area contributed by atoms with Gasteiger partial charge in [-0.05, 0) is 6.42 Å². The molecule has 166 valence electrons. The highest BCUT2D eigenvalue weighted by atomic mass is 28.4. The number of fused-ring (bicyclic) bond motifs is 1. The van der Waals surface area contributed by atoms with E-state index in [0.29, 0.717) is 26.1 Å². The summed E-state index contributed by atoms with van der Waals surface area (Å²) in [4.78, 5) is 0. The Morgan fingerprint density at radius 1 is 0.966 bits per heavy atom. The molecule has 4 atom stereocenters. The first-order chi connectivity index (χ1) is 13.2. The van der Waals surface area contributed by atoms with Crippen LogP contribution in [-0.2, 0) is 23.1 Å². The average molecular weight is 441 g/mol. The molecule has 0 N–H and O–H groups in total. The zero-order valence-corrected chi connectivity index (χ0v) is 21.8. The van der Waals surface area contributed by atoms with Crippen LogP contribution in [0.2, 0.25) is 29.7 Å². The van der Waals surface area contributed by atoms with Crippen molar-refractivity contribution in [2.45, 2.75) is 115 Å². The smallest absolute Gasteiger partial charge is 0.349 e. The molecular formula is C22H40O5Si2. The zero-order chi connectivity index (χ0) is 21.7. The molecule has 0 saturated carbocycles. The summed E-state index contributed by atoms with van der Waals surface area (Å²) in [7, 11) is -3.83. The fourth-order valence-electron chi connectivity index (χ4n) is 4.77. The van der Waals surface area contributed by atoms with Gasteiger partial charge in [0.1, 0.15) is 14.2 Å². The summed E-state index contributed by atoms with van der Waals surface area (Å²) in [6, 6.07) is 0. The van der Waals surface area contributed by atoms with Crippen LogP contribution < -0.4 is 0 Å². The second-order valence-electron chi connectivity index (χ2n) is 11.8. The molecule has 1 spiro atoms. The van der Waals surface area contributed by atoms with Crippen LogP contribution in [0.3, 0.4) is 0 Å². The highest BCUT2D eigenvalue weighted by Gasteiger charge is 2.63. The van der Waals surface area contributed by atoms with Crippen molar-refractivity contribution in [1.82, 2.24) is 0 Å². The molecule has 3 heterocycles. The standard InChI is InChI=1S/C22H40O5Si2/c1-20(2,3)29(21(4,5)6)24-16-19-18(27-29)12-13-22(26-19)23-15-17(25-22)11-10-14-28(7,8)9/h17-19H,11-13,15-16H2,1-9H3/t17-,18+,19-,22?/m1/s1. The van der Waals surface area contributed by atoms with Gasteiger partial charge in [-0.3, -0.25) is 0 Å². The molecule has 3 aliphatic heterocycles. The third kappa shape index (κ3) is 4.84. The molecule has 7 heteroatoms. The molecular weight excluding hydrogens is 400 g/mol. The Kier molecular flexibility index (Phi) is 6.26. The van der Waals surface area contributed by atoms with Gasteiger partial charge < -0.3 is 23.1 Å². The van der Waals surface area contributed by atoms with Gasteiger partial charge in [-0.15, -0.1) is 11.5 Å². The maximum absolute atomic E-state index is 6.80. The molecule has 3 aliphatic rings. The monoisotopic (exact) mass is 440 g/mol. The van der Waals surface area contributed by atoms with Gasteiger partial charge in [-0.25, -0.2) is 0 Å². The van der Waals surface area contributed by atoms with Gasteiger partial charge in [0.25, 0.3) is 5.97 Å². The van der Waals surface area contributed by atoms with Crippen LogP contribution in [0.15, 0.2) is 0 Å². The first kappa shape index (κ1) is 23.5. The number of rotatable bonds is 1. The van der Waals surface area contributed by atoms with Gasteiger partial charge in [0.15, 0.2) is 0 Å². The van der Waals surface area contributed by atoms with Crippen LogP contribution in [0, 0.1) is 11.5 Å². The minimum Gasteiger partial charge on any atom is -0.391 e. The van der Waals surface area contributed by atoms with Gasteiger partial charge in [0.05, 0.1) is 25.4 Å². The molecule has 0 aromatic carbocycles. The Labute approximate surface area is 179 Å². The summed E-state index contributed by atoms with van der Waals surface area (Å²) in [6.45, 7) is 21.3. The Morgan fingerprint density at radius 2 is 1.62 bits per heavy atom. The van der Waals surface area contributed by atoms with E-state index < -0.39 is 22.6 Å². The van der Waals surface area contributed by atoms with E-state index in [1.807, 2.05) is 0 Å². The molecule has 0 aromatic heterocycles. The summed E-state index contributed by atoms with van der Waals surface area (Å²) < 4.78 is 31.9. The predicted molar refractivity (Wildman–Crippen MR) is 119 cm³/mol. The SMILES string of the molecule is CC(C)(C)[Si]1(C(C)(C)C)OC[C@H]2OC3(CC[C@@H]2O1)OC[C@@H](CC#C[Si](C)(C)C)O3. The largest absolute Gasteiger partial charge is 0.391 e. The first-order valence-electron chi connectivity index (χ1n) is 11.0. The lowest BCUT2D eigenvalue weighted by Crippen LogP contribution is -2.67. The second-order valence-corrected chi connectivity index (χ2v) is 21.3. The Morgan fingerprint density at radius 3 is 2.21 bits per heavy atom. The quantitative estimate of drug-likeness (QED) is 0.426. The van der Waals surface area contributed by atoms with E-state index >= 15 is 0 Å². The molecule has 3 saturated heterocycles. The molecule has 0 bridgehead atoms. The van der Waals surface area contributed by atoms with Crippen LogP contribution in [0.1, 0.15) is 60.8 Å². The molecule has 5 nitrogen and oxygen atoms in total. The Hall–Kier alpha value is -0.206. The molecule has 0 amide bonds. The van der Waals surface area contributed by atoms with Crippen LogP contribution in [0.25, 0.3) is 0 Å². The van der Waals surface area contributed by atoms with Crippen LogP contribution >= 0.6 is 0 Å². The normalized spacial score (nSPS) is 35.1. The van der Waals surface area contributed by atoms with Gasteiger partial charge >= 0.3 is 8.56 Å². The summed E-state index contributed by atoms with van der Waals surface area (Å²) in [5, 5.41) is -0.0440. The third-order valence-electron chi connectivity index (χ3n) is 5.85. The van der Waals surface area contributed by atoms with Gasteiger partial charge in [0, 0.05) is 22.9 Å². The predicted octanol–water partition coefficient (Wildman–Crippen LogP) is 4.96. The minimum atomic E-state index is -2.47. The molecule has 3 rings (SSSR count). The number of ether oxygens (including phenoxy) is 3. The van der Waals surface area contributed by atoms with Crippen molar-refractivity contribution < 1.29 is 23.1 Å². The van der Waals surface area contributed by atoms with E-state index in [1.54, 1.807) is 0 Å². The summed E-state index contributed by atoms with van der Waals surface area (Å²) >= 11 is 0. The third-order valence-corrected chi connectivity index (χ3v) is 11.9. The Balaban J connectivity index is 1.65. The zero-order valence-electron chi connectivity index (χ0n) is 19.8. The van der Waals surface area contributed by atoms with E-state index in [9.17, 15) is 0 Å². The van der Waals surface area contributed by atoms with Crippen molar-refractivity contribution in [2.75, 3.05) is 13.2 Å². The van der Waals surface area contributed by atoms with E-state index in [0.717, 1.165) is 6.42 Å². The summed E-state index contributed by atoms with van der Waals surface area (Å²) in [6.07, 6.45) is 2.10. The lowest BCUT2D eigenvalue weighted by atomic mass is 10.0. The lowest BCUT2D eigenvalue weighted by molar-refractivity contribution is -0.387. The molecule has 0 radical (unpaired) electrons. The number of hydrogen-bond donors (Lipinski definition) is 0. The van der Waals surface area contributed by atoms with Crippen molar-refractivity contribution in [3.63, 3.8) is 0 Å². The van der Waals surface area contributed by atoms with Crippen molar-refractivity contribution in [1.29, 1.82) is 0 Å². The highest BCUT2D eigenvalue weighted by Crippen LogP contribution is 2.55. The van der Waals surface area contributed by atoms with Gasteiger partial charge in [0.2, 0.25) is 0 Å². The van der Waals surface area contributed by atoms with Crippen molar-refractivity contribution >= 4 is 16.6 Å². The van der Waals surface area contributed by atoms with Crippen molar-refractivity contribution in [3.05, 3.63) is 0 Å². The van der Waals surface area contributed by atoms with Crippen LogP contribution in [0.4, 0.5) is 0 Å². The van der Waals surface area contributed by atoms with Crippen molar-refractivity contribution in [3.8, 4) is 11.5 Å². The minimum absolute atomic E-state index is 0.0220. The maximum atomic E-state index is 6.80. The molecule has 0 aliphatic carbocycles. The topological polar surface area (TPSA) is 46.2 Å². The average Bonchev–Trinajstić information content (AvgIpc) is 2.93. The molecule has 3 fully saturated rings. The van der Waals surface area contributed by atoms with Crippen molar-refractivity contribution in [2.24, 2.45) is 0 Å². The Bertz CT molecular complexity index is 650. The van der Waals surface area contributed by atoms with E-state index in [2.05, 4.69) is 72.6 Å². The van der Waals surface area contributed by atoms with E-state index in [1.165, 1.54) is 0 Å². The van der Waals surface area contributed by atoms with Crippen LogP contribution in [0.5, 0.6) is 0 Å². The van der Waals surface area contributed by atoms with Gasteiger partial charge in [-0.2, -0.15) is 0 Å². The number of hydrogen-bond acceptors (Lipinski definition) is 5. The summed E-state index contributed by atoms with van der Waals surface area (Å²) in [5.74, 6) is 2.34. The fourth-order valence-corrected chi connectivity index (χ4v) is 10.4. The van der Waals surface area contributed by atoms with Crippen LogP contribution in [-0.4, -0.2) is 54.1 Å². The highest BCUT2D eigenvalue weighted by molar-refractivity contribution is 6.83. The lowest BCUT2D eigenvalue weighted by Gasteiger charge is -2.56. The summed E-state index contributed by atoms with van der Waals surface area (Å²) in [5.41, 5.74) is 3.40. The first-order valence-corrected chi connectivity index (χ1v) is 16.3. The van der Waals surface area contributed by atoms with E-state index in [-0.39, 0.29) is 28.4 Å². The van der Waals surface area contributed by atoms with Gasteiger partial charge in [-0.1, -0.05) is 61.2 Å². The maximum Gasteiger partial charge on any atom is 0.349 e. The molecule has 29 heavy (non-hydrogen) atoms. The fraction of sp³-hybridized carbons (Fsp3) is 0.909. The second kappa shape index (κ2) is 7.73.